The van der Waals surface area contributed by atoms with Crippen LogP contribution in [-0.2, 0) is 26.5 Å². The highest BCUT2D eigenvalue weighted by atomic mass is 32.2. The summed E-state index contributed by atoms with van der Waals surface area (Å²) in [5.41, 5.74) is 2.29. The first-order valence-electron chi connectivity index (χ1n) is 7.64. The van der Waals surface area contributed by atoms with Gasteiger partial charge in [0, 0.05) is 13.1 Å². The molecule has 0 saturated carbocycles. The van der Waals surface area contributed by atoms with Gasteiger partial charge < -0.3 is 4.90 Å². The Morgan fingerprint density at radius 1 is 1.23 bits per heavy atom. The van der Waals surface area contributed by atoms with Crippen LogP contribution in [0.15, 0.2) is 24.3 Å². The number of benzene rings is 1. The van der Waals surface area contributed by atoms with Gasteiger partial charge in [0.25, 0.3) is 0 Å². The van der Waals surface area contributed by atoms with E-state index in [1.54, 1.807) is 11.9 Å². The van der Waals surface area contributed by atoms with Crippen molar-refractivity contribution in [2.75, 3.05) is 18.6 Å². The van der Waals surface area contributed by atoms with Gasteiger partial charge in [-0.3, -0.25) is 4.79 Å². The molecular weight excluding hydrogens is 298 g/mol. The van der Waals surface area contributed by atoms with Gasteiger partial charge >= 0.3 is 0 Å². The Morgan fingerprint density at radius 3 is 2.27 bits per heavy atom. The minimum Gasteiger partial charge on any atom is -0.341 e. The molecule has 0 bridgehead atoms. The number of carbonyl (C=O) groups is 1. The van der Waals surface area contributed by atoms with Crippen LogP contribution in [0.3, 0.4) is 0 Å². The molecule has 1 saturated heterocycles. The zero-order valence-corrected chi connectivity index (χ0v) is 14.6. The molecule has 1 aromatic rings. The van der Waals surface area contributed by atoms with E-state index < -0.39 is 9.84 Å². The molecule has 0 aliphatic carbocycles. The van der Waals surface area contributed by atoms with Crippen molar-refractivity contribution in [3.63, 3.8) is 0 Å². The van der Waals surface area contributed by atoms with Gasteiger partial charge in [0.15, 0.2) is 9.84 Å². The molecule has 122 valence electrons. The molecule has 2 rings (SSSR count). The molecule has 0 N–H and O–H groups in total. The Kier molecular flexibility index (Phi) is 4.66. The Bertz CT molecular complexity index is 641. The highest BCUT2D eigenvalue weighted by Crippen LogP contribution is 2.23. The lowest BCUT2D eigenvalue weighted by molar-refractivity contribution is -0.130. The lowest BCUT2D eigenvalue weighted by Gasteiger charge is -2.24. The first kappa shape index (κ1) is 17.0. The first-order chi connectivity index (χ1) is 10.1. The summed E-state index contributed by atoms with van der Waals surface area (Å²) in [7, 11) is -1.26. The monoisotopic (exact) mass is 323 g/mol. The average molecular weight is 323 g/mol. The lowest BCUT2D eigenvalue weighted by atomic mass is 9.86. The summed E-state index contributed by atoms with van der Waals surface area (Å²) >= 11 is 0. The zero-order valence-electron chi connectivity index (χ0n) is 13.8. The molecular formula is C17H25NO3S. The Hall–Kier alpha value is -1.36. The van der Waals surface area contributed by atoms with Crippen LogP contribution in [0.4, 0.5) is 0 Å². The molecule has 1 aliphatic heterocycles. The van der Waals surface area contributed by atoms with E-state index in [-0.39, 0.29) is 28.9 Å². The molecule has 22 heavy (non-hydrogen) atoms. The quantitative estimate of drug-likeness (QED) is 0.856. The topological polar surface area (TPSA) is 54.5 Å². The standard InChI is InChI=1S/C17H25NO3S/c1-17(2,3)14-7-5-13(6-8-14)11-16(19)18(4)15-9-10-22(20,21)12-15/h5-8,15H,9-12H2,1-4H3. The summed E-state index contributed by atoms with van der Waals surface area (Å²) in [4.78, 5) is 13.9. The van der Waals surface area contributed by atoms with Crippen LogP contribution >= 0.6 is 0 Å². The van der Waals surface area contributed by atoms with Crippen molar-refractivity contribution >= 4 is 15.7 Å². The van der Waals surface area contributed by atoms with Crippen molar-refractivity contribution in [3.05, 3.63) is 35.4 Å². The number of nitrogens with zero attached hydrogens (tertiary/aromatic N) is 1. The van der Waals surface area contributed by atoms with E-state index in [4.69, 9.17) is 0 Å². The van der Waals surface area contributed by atoms with E-state index >= 15 is 0 Å². The van der Waals surface area contributed by atoms with E-state index in [1.807, 2.05) is 12.1 Å². The summed E-state index contributed by atoms with van der Waals surface area (Å²) < 4.78 is 23.0. The number of likely N-dealkylation sites (N-methyl/N-ethyl adjacent to an activating group) is 1. The van der Waals surface area contributed by atoms with Crippen molar-refractivity contribution in [1.29, 1.82) is 0 Å². The van der Waals surface area contributed by atoms with Crippen molar-refractivity contribution < 1.29 is 13.2 Å². The average Bonchev–Trinajstić information content (AvgIpc) is 2.77. The Morgan fingerprint density at radius 2 is 1.82 bits per heavy atom. The first-order valence-corrected chi connectivity index (χ1v) is 9.46. The number of carbonyl (C=O) groups excluding carboxylic acids is 1. The molecule has 1 amide bonds. The van der Waals surface area contributed by atoms with Gasteiger partial charge in [-0.15, -0.1) is 0 Å². The maximum absolute atomic E-state index is 12.3. The molecule has 4 nitrogen and oxygen atoms in total. The summed E-state index contributed by atoms with van der Waals surface area (Å²) in [6.07, 6.45) is 0.866. The minimum atomic E-state index is -2.96. The van der Waals surface area contributed by atoms with Crippen molar-refractivity contribution in [3.8, 4) is 0 Å². The Labute approximate surface area is 133 Å². The molecule has 5 heteroatoms. The third kappa shape index (κ3) is 4.09. The molecule has 1 aromatic carbocycles. The number of amides is 1. The molecule has 0 radical (unpaired) electrons. The predicted octanol–water partition coefficient (Wildman–Crippen LogP) is 2.17. The van der Waals surface area contributed by atoms with Gasteiger partial charge in [-0.25, -0.2) is 8.42 Å². The van der Waals surface area contributed by atoms with E-state index in [0.717, 1.165) is 5.56 Å². The van der Waals surface area contributed by atoms with Crippen LogP contribution in [0, 0.1) is 0 Å². The highest BCUT2D eigenvalue weighted by molar-refractivity contribution is 7.91. The fraction of sp³-hybridized carbons (Fsp3) is 0.588. The second kappa shape index (κ2) is 6.03. The smallest absolute Gasteiger partial charge is 0.227 e. The second-order valence-corrected chi connectivity index (χ2v) is 9.41. The fourth-order valence-electron chi connectivity index (χ4n) is 2.71. The van der Waals surface area contributed by atoms with E-state index in [1.165, 1.54) is 5.56 Å². The van der Waals surface area contributed by atoms with Gasteiger partial charge in [0.2, 0.25) is 5.91 Å². The van der Waals surface area contributed by atoms with Gasteiger partial charge in [0.1, 0.15) is 0 Å². The molecule has 1 unspecified atom stereocenters. The SMILES string of the molecule is CN(C(=O)Cc1ccc(C(C)(C)C)cc1)C1CCS(=O)(=O)C1. The fourth-order valence-corrected chi connectivity index (χ4v) is 4.48. The Balaban J connectivity index is 2.00. The predicted molar refractivity (Wildman–Crippen MR) is 88.7 cm³/mol. The van der Waals surface area contributed by atoms with Crippen LogP contribution < -0.4 is 0 Å². The van der Waals surface area contributed by atoms with Gasteiger partial charge in [-0.05, 0) is 23.0 Å². The number of rotatable bonds is 3. The largest absolute Gasteiger partial charge is 0.341 e. The molecule has 1 atom stereocenters. The number of hydrogen-bond donors (Lipinski definition) is 0. The summed E-state index contributed by atoms with van der Waals surface area (Å²) in [6, 6.07) is 7.91. The van der Waals surface area contributed by atoms with Crippen LogP contribution in [0.1, 0.15) is 38.3 Å². The van der Waals surface area contributed by atoms with Crippen LogP contribution in [0.5, 0.6) is 0 Å². The summed E-state index contributed by atoms with van der Waals surface area (Å²) in [5.74, 6) is 0.263. The van der Waals surface area contributed by atoms with E-state index in [2.05, 4.69) is 32.9 Å². The van der Waals surface area contributed by atoms with Crippen LogP contribution in [0.25, 0.3) is 0 Å². The highest BCUT2D eigenvalue weighted by Gasteiger charge is 2.32. The molecule has 1 aliphatic rings. The minimum absolute atomic E-state index is 0.0226. The summed E-state index contributed by atoms with van der Waals surface area (Å²) in [5, 5.41) is 0. The summed E-state index contributed by atoms with van der Waals surface area (Å²) in [6.45, 7) is 6.46. The number of sulfone groups is 1. The maximum Gasteiger partial charge on any atom is 0.227 e. The molecule has 0 aromatic heterocycles. The van der Waals surface area contributed by atoms with Crippen molar-refractivity contribution in [2.45, 2.75) is 45.1 Å². The maximum atomic E-state index is 12.3. The van der Waals surface area contributed by atoms with Gasteiger partial charge in [-0.2, -0.15) is 0 Å². The number of hydrogen-bond acceptors (Lipinski definition) is 3. The normalized spacial score (nSPS) is 20.8. The third-order valence-electron chi connectivity index (χ3n) is 4.32. The third-order valence-corrected chi connectivity index (χ3v) is 6.08. The molecule has 1 fully saturated rings. The van der Waals surface area contributed by atoms with Gasteiger partial charge in [-0.1, -0.05) is 45.0 Å². The van der Waals surface area contributed by atoms with Crippen molar-refractivity contribution in [2.24, 2.45) is 0 Å². The van der Waals surface area contributed by atoms with Gasteiger partial charge in [0.05, 0.1) is 17.9 Å². The van der Waals surface area contributed by atoms with Crippen molar-refractivity contribution in [1.82, 2.24) is 4.90 Å². The zero-order chi connectivity index (χ0) is 16.5. The molecule has 1 heterocycles. The van der Waals surface area contributed by atoms with E-state index in [0.29, 0.717) is 12.8 Å². The second-order valence-electron chi connectivity index (χ2n) is 7.19. The van der Waals surface area contributed by atoms with E-state index in [9.17, 15) is 13.2 Å². The van der Waals surface area contributed by atoms with Crippen LogP contribution in [-0.4, -0.2) is 43.8 Å². The lowest BCUT2D eigenvalue weighted by Crippen LogP contribution is -2.38. The molecule has 0 spiro atoms. The van der Waals surface area contributed by atoms with Crippen LogP contribution in [0.2, 0.25) is 0 Å².